The van der Waals surface area contributed by atoms with Gasteiger partial charge in [-0.3, -0.25) is 4.79 Å². The molecule has 0 radical (unpaired) electrons. The quantitative estimate of drug-likeness (QED) is 0.715. The smallest absolute Gasteiger partial charge is 0.193 e. The molecule has 2 aromatic rings. The van der Waals surface area contributed by atoms with Crippen molar-refractivity contribution in [2.75, 3.05) is 0 Å². The molecule has 2 rings (SSSR count). The summed E-state index contributed by atoms with van der Waals surface area (Å²) in [7, 11) is 0. The first-order valence-electron chi connectivity index (χ1n) is 5.56. The summed E-state index contributed by atoms with van der Waals surface area (Å²) in [5.74, 6) is 0.0276. The van der Waals surface area contributed by atoms with E-state index in [1.54, 1.807) is 24.3 Å². The average Bonchev–Trinajstić information content (AvgIpc) is 2.34. The van der Waals surface area contributed by atoms with Crippen LogP contribution in [0.5, 0.6) is 0 Å². The molecule has 0 amide bonds. The minimum atomic E-state index is 0.0276. The SMILES string of the molecule is Cc1cc(C(=O)c2ccc(Cl)cc2)c(C)cc1Br. The Kier molecular flexibility index (Phi) is 3.88. The maximum absolute atomic E-state index is 12.4. The molecule has 0 aromatic heterocycles. The molecule has 0 bridgehead atoms. The lowest BCUT2D eigenvalue weighted by molar-refractivity contribution is 0.103. The zero-order chi connectivity index (χ0) is 13.3. The van der Waals surface area contributed by atoms with Crippen LogP contribution in [0, 0.1) is 13.8 Å². The van der Waals surface area contributed by atoms with E-state index in [0.717, 1.165) is 21.2 Å². The molecule has 18 heavy (non-hydrogen) atoms. The number of hydrogen-bond donors (Lipinski definition) is 0. The van der Waals surface area contributed by atoms with E-state index in [9.17, 15) is 4.79 Å². The lowest BCUT2D eigenvalue weighted by Crippen LogP contribution is -2.04. The van der Waals surface area contributed by atoms with Gasteiger partial charge in [0.05, 0.1) is 0 Å². The fourth-order valence-electron chi connectivity index (χ4n) is 1.78. The Hall–Kier alpha value is -1.12. The number of carbonyl (C=O) groups is 1. The standard InChI is InChI=1S/C15H12BrClO/c1-9-8-14(16)10(2)7-13(9)15(18)11-3-5-12(17)6-4-11/h3-8H,1-2H3. The third-order valence-corrected chi connectivity index (χ3v) is 3.96. The number of halogens is 2. The Morgan fingerprint density at radius 2 is 1.67 bits per heavy atom. The predicted molar refractivity (Wildman–Crippen MR) is 78.5 cm³/mol. The molecule has 0 saturated carbocycles. The van der Waals surface area contributed by atoms with E-state index < -0.39 is 0 Å². The van der Waals surface area contributed by atoms with Crippen LogP contribution in [0.2, 0.25) is 5.02 Å². The van der Waals surface area contributed by atoms with Crippen LogP contribution in [0.4, 0.5) is 0 Å². The molecule has 0 aliphatic heterocycles. The summed E-state index contributed by atoms with van der Waals surface area (Å²) in [4.78, 5) is 12.4. The first-order valence-corrected chi connectivity index (χ1v) is 6.73. The number of ketones is 1. The van der Waals surface area contributed by atoms with Crippen LogP contribution in [-0.2, 0) is 0 Å². The number of benzene rings is 2. The Labute approximate surface area is 120 Å². The van der Waals surface area contributed by atoms with E-state index in [2.05, 4.69) is 15.9 Å². The van der Waals surface area contributed by atoms with Crippen molar-refractivity contribution in [1.29, 1.82) is 0 Å². The Balaban J connectivity index is 2.46. The van der Waals surface area contributed by atoms with Gasteiger partial charge in [0, 0.05) is 20.6 Å². The summed E-state index contributed by atoms with van der Waals surface area (Å²) in [6.07, 6.45) is 0. The molecule has 2 aromatic carbocycles. The summed E-state index contributed by atoms with van der Waals surface area (Å²) < 4.78 is 1.02. The van der Waals surface area contributed by atoms with E-state index in [-0.39, 0.29) is 5.78 Å². The molecule has 92 valence electrons. The van der Waals surface area contributed by atoms with E-state index in [0.29, 0.717) is 10.6 Å². The topological polar surface area (TPSA) is 17.1 Å². The zero-order valence-corrected chi connectivity index (χ0v) is 12.5. The number of aryl methyl sites for hydroxylation is 2. The number of rotatable bonds is 2. The molecule has 3 heteroatoms. The number of carbonyl (C=O) groups excluding carboxylic acids is 1. The highest BCUT2D eigenvalue weighted by molar-refractivity contribution is 9.10. The van der Waals surface area contributed by atoms with Crippen LogP contribution in [0.15, 0.2) is 40.9 Å². The summed E-state index contributed by atoms with van der Waals surface area (Å²) in [5, 5.41) is 0.634. The summed E-state index contributed by atoms with van der Waals surface area (Å²) >= 11 is 9.29. The van der Waals surface area contributed by atoms with Crippen molar-refractivity contribution in [2.45, 2.75) is 13.8 Å². The van der Waals surface area contributed by atoms with Crippen LogP contribution in [0.3, 0.4) is 0 Å². The van der Waals surface area contributed by atoms with Crippen molar-refractivity contribution in [1.82, 2.24) is 0 Å². The summed E-state index contributed by atoms with van der Waals surface area (Å²) in [6, 6.07) is 10.9. The van der Waals surface area contributed by atoms with Gasteiger partial charge in [0.15, 0.2) is 5.78 Å². The molecule has 0 atom stereocenters. The minimum absolute atomic E-state index is 0.0276. The lowest BCUT2D eigenvalue weighted by Gasteiger charge is -2.08. The van der Waals surface area contributed by atoms with Gasteiger partial charge in [0.1, 0.15) is 0 Å². The van der Waals surface area contributed by atoms with Gasteiger partial charge in [-0.1, -0.05) is 27.5 Å². The second-order valence-corrected chi connectivity index (χ2v) is 5.54. The van der Waals surface area contributed by atoms with Crippen molar-refractivity contribution in [2.24, 2.45) is 0 Å². The largest absolute Gasteiger partial charge is 0.289 e. The van der Waals surface area contributed by atoms with Crippen molar-refractivity contribution < 1.29 is 4.79 Å². The minimum Gasteiger partial charge on any atom is -0.289 e. The highest BCUT2D eigenvalue weighted by Crippen LogP contribution is 2.23. The summed E-state index contributed by atoms with van der Waals surface area (Å²) in [5.41, 5.74) is 3.41. The van der Waals surface area contributed by atoms with Gasteiger partial charge in [0.25, 0.3) is 0 Å². The monoisotopic (exact) mass is 322 g/mol. The highest BCUT2D eigenvalue weighted by Gasteiger charge is 2.13. The third-order valence-electron chi connectivity index (χ3n) is 2.86. The van der Waals surface area contributed by atoms with Gasteiger partial charge in [-0.15, -0.1) is 0 Å². The van der Waals surface area contributed by atoms with Crippen molar-refractivity contribution in [3.8, 4) is 0 Å². The second-order valence-electron chi connectivity index (χ2n) is 4.25. The van der Waals surface area contributed by atoms with Gasteiger partial charge < -0.3 is 0 Å². The lowest BCUT2D eigenvalue weighted by atomic mass is 9.97. The van der Waals surface area contributed by atoms with Gasteiger partial charge in [-0.25, -0.2) is 0 Å². The first-order chi connectivity index (χ1) is 8.49. The maximum Gasteiger partial charge on any atom is 0.193 e. The zero-order valence-electron chi connectivity index (χ0n) is 10.1. The average molecular weight is 324 g/mol. The molecular formula is C15H12BrClO. The van der Waals surface area contributed by atoms with E-state index >= 15 is 0 Å². The Morgan fingerprint density at radius 3 is 2.28 bits per heavy atom. The Morgan fingerprint density at radius 1 is 1.06 bits per heavy atom. The van der Waals surface area contributed by atoms with Gasteiger partial charge >= 0.3 is 0 Å². The molecule has 0 unspecified atom stereocenters. The molecule has 0 aliphatic carbocycles. The third kappa shape index (κ3) is 2.65. The molecule has 0 spiro atoms. The second kappa shape index (κ2) is 5.25. The van der Waals surface area contributed by atoms with Crippen LogP contribution < -0.4 is 0 Å². The van der Waals surface area contributed by atoms with Crippen molar-refractivity contribution in [3.63, 3.8) is 0 Å². The van der Waals surface area contributed by atoms with Gasteiger partial charge in [-0.2, -0.15) is 0 Å². The molecule has 0 N–H and O–H groups in total. The van der Waals surface area contributed by atoms with Crippen molar-refractivity contribution >= 4 is 33.3 Å². The first kappa shape index (κ1) is 13.3. The molecular weight excluding hydrogens is 312 g/mol. The predicted octanol–water partition coefficient (Wildman–Crippen LogP) is 4.95. The van der Waals surface area contributed by atoms with Gasteiger partial charge in [0.2, 0.25) is 0 Å². The van der Waals surface area contributed by atoms with E-state index in [1.807, 2.05) is 26.0 Å². The van der Waals surface area contributed by atoms with Crippen LogP contribution in [0.25, 0.3) is 0 Å². The molecule has 0 fully saturated rings. The van der Waals surface area contributed by atoms with E-state index in [1.165, 1.54) is 0 Å². The normalized spacial score (nSPS) is 10.4. The van der Waals surface area contributed by atoms with Crippen LogP contribution in [-0.4, -0.2) is 5.78 Å². The molecule has 0 aliphatic rings. The van der Waals surface area contributed by atoms with E-state index in [4.69, 9.17) is 11.6 Å². The van der Waals surface area contributed by atoms with Crippen LogP contribution in [0.1, 0.15) is 27.0 Å². The van der Waals surface area contributed by atoms with Crippen LogP contribution >= 0.6 is 27.5 Å². The molecule has 0 saturated heterocycles. The maximum atomic E-state index is 12.4. The van der Waals surface area contributed by atoms with Gasteiger partial charge in [-0.05, 0) is 61.4 Å². The fraction of sp³-hybridized carbons (Fsp3) is 0.133. The number of hydrogen-bond acceptors (Lipinski definition) is 1. The highest BCUT2D eigenvalue weighted by atomic mass is 79.9. The fourth-order valence-corrected chi connectivity index (χ4v) is 2.37. The molecule has 0 heterocycles. The summed E-state index contributed by atoms with van der Waals surface area (Å²) in [6.45, 7) is 3.91. The Bertz CT molecular complexity index is 603. The molecule has 1 nitrogen and oxygen atoms in total. The van der Waals surface area contributed by atoms with Crippen molar-refractivity contribution in [3.05, 3.63) is 68.1 Å².